The number of amides is 1. The molecule has 0 spiro atoms. The Labute approximate surface area is 171 Å². The van der Waals surface area contributed by atoms with Gasteiger partial charge in [-0.3, -0.25) is 4.79 Å². The summed E-state index contributed by atoms with van der Waals surface area (Å²) in [6, 6.07) is 11.6. The van der Waals surface area contributed by atoms with E-state index in [4.69, 9.17) is 11.6 Å². The van der Waals surface area contributed by atoms with E-state index in [0.717, 1.165) is 17.7 Å². The number of hydrazone groups is 1. The Bertz CT molecular complexity index is 976. The molecule has 1 aliphatic heterocycles. The topological polar surface area (TPSA) is 44.7 Å². The number of allylic oxidation sites excluding steroid dienone is 1. The molecule has 0 fully saturated rings. The molecule has 0 saturated carbocycles. The van der Waals surface area contributed by atoms with Crippen molar-refractivity contribution in [3.8, 4) is 0 Å². The average Bonchev–Trinajstić information content (AvgIpc) is 2.61. The Kier molecular flexibility index (Phi) is 5.61. The third kappa shape index (κ3) is 3.97. The Hall–Kier alpha value is -2.59. The molecule has 0 aliphatic carbocycles. The van der Waals surface area contributed by atoms with Gasteiger partial charge in [0.1, 0.15) is 0 Å². The van der Waals surface area contributed by atoms with Crippen LogP contribution in [0, 0.1) is 6.92 Å². The van der Waals surface area contributed by atoms with E-state index in [1.165, 1.54) is 16.8 Å². The first-order chi connectivity index (χ1) is 13.2. The van der Waals surface area contributed by atoms with Crippen molar-refractivity contribution in [2.75, 3.05) is 11.4 Å². The number of likely N-dealkylation sites (N-methyl/N-ethyl adjacent to an activating group) is 1. The molecule has 1 N–H and O–H groups in total. The first-order valence-corrected chi connectivity index (χ1v) is 9.82. The van der Waals surface area contributed by atoms with Crippen LogP contribution >= 0.6 is 11.6 Å². The minimum absolute atomic E-state index is 0.0112. The minimum atomic E-state index is -0.325. The van der Waals surface area contributed by atoms with Gasteiger partial charge in [0.25, 0.3) is 5.91 Å². The Morgan fingerprint density at radius 2 is 1.96 bits per heavy atom. The molecule has 28 heavy (non-hydrogen) atoms. The number of hydrogen-bond donors (Lipinski definition) is 1. The maximum atomic E-state index is 12.3. The molecule has 3 rings (SSSR count). The predicted octanol–water partition coefficient (Wildman–Crippen LogP) is 5.43. The van der Waals surface area contributed by atoms with Crippen LogP contribution < -0.4 is 10.3 Å². The summed E-state index contributed by atoms with van der Waals surface area (Å²) in [5.74, 6) is -0.325. The van der Waals surface area contributed by atoms with E-state index in [2.05, 4.69) is 61.3 Å². The molecule has 0 bridgehead atoms. The molecule has 1 aliphatic rings. The number of nitrogens with one attached hydrogen (secondary N) is 1. The van der Waals surface area contributed by atoms with Crippen LogP contribution in [0.4, 0.5) is 5.69 Å². The molecule has 0 unspecified atom stereocenters. The van der Waals surface area contributed by atoms with E-state index in [-0.39, 0.29) is 11.4 Å². The molecule has 0 atom stereocenters. The van der Waals surface area contributed by atoms with Gasteiger partial charge < -0.3 is 4.90 Å². The van der Waals surface area contributed by atoms with Gasteiger partial charge in [-0.25, -0.2) is 5.43 Å². The number of hydrogen-bond acceptors (Lipinski definition) is 3. The van der Waals surface area contributed by atoms with Gasteiger partial charge in [-0.1, -0.05) is 29.8 Å². The van der Waals surface area contributed by atoms with E-state index in [1.54, 1.807) is 18.3 Å². The summed E-state index contributed by atoms with van der Waals surface area (Å²) in [4.78, 5) is 14.7. The summed E-state index contributed by atoms with van der Waals surface area (Å²) in [5, 5.41) is 4.53. The Morgan fingerprint density at radius 3 is 2.64 bits per heavy atom. The SMILES string of the molecule is CCN1c2ccc(/C=N\NC(=O)c3ccc(C)cc3Cl)cc2C(C)=CC1(C)C. The molecular formula is C23H26ClN3O. The van der Waals surface area contributed by atoms with Crippen molar-refractivity contribution in [1.82, 2.24) is 5.43 Å². The lowest BCUT2D eigenvalue weighted by atomic mass is 9.88. The molecule has 0 saturated heterocycles. The lowest BCUT2D eigenvalue weighted by Crippen LogP contribution is -2.44. The van der Waals surface area contributed by atoms with Crippen molar-refractivity contribution in [2.24, 2.45) is 5.10 Å². The van der Waals surface area contributed by atoms with E-state index in [9.17, 15) is 4.79 Å². The standard InChI is InChI=1S/C23H26ClN3O/c1-6-27-21-10-8-17(12-19(21)16(3)13-23(27,4)5)14-25-26-22(28)18-9-7-15(2)11-20(18)24/h7-14H,6H2,1-5H3,(H,26,28)/b25-14-. The third-order valence-corrected chi connectivity index (χ3v) is 5.38. The van der Waals surface area contributed by atoms with Crippen molar-refractivity contribution in [2.45, 2.75) is 40.2 Å². The van der Waals surface area contributed by atoms with E-state index in [1.807, 2.05) is 19.1 Å². The van der Waals surface area contributed by atoms with E-state index < -0.39 is 0 Å². The van der Waals surface area contributed by atoms with Crippen LogP contribution in [-0.2, 0) is 0 Å². The molecule has 4 nitrogen and oxygen atoms in total. The van der Waals surface area contributed by atoms with Crippen LogP contribution in [0.25, 0.3) is 5.57 Å². The second kappa shape index (κ2) is 7.80. The van der Waals surface area contributed by atoms with Crippen molar-refractivity contribution < 1.29 is 4.79 Å². The highest BCUT2D eigenvalue weighted by Crippen LogP contribution is 2.38. The number of carbonyl (C=O) groups excluding carboxylic acids is 1. The smallest absolute Gasteiger partial charge is 0.272 e. The highest BCUT2D eigenvalue weighted by molar-refractivity contribution is 6.33. The number of carbonyl (C=O) groups is 1. The fourth-order valence-corrected chi connectivity index (χ4v) is 4.11. The van der Waals surface area contributed by atoms with Crippen molar-refractivity contribution in [3.63, 3.8) is 0 Å². The maximum absolute atomic E-state index is 12.3. The van der Waals surface area contributed by atoms with Gasteiger partial charge in [0.2, 0.25) is 0 Å². The summed E-state index contributed by atoms with van der Waals surface area (Å²) in [6.07, 6.45) is 3.95. The average molecular weight is 396 g/mol. The molecule has 1 heterocycles. The summed E-state index contributed by atoms with van der Waals surface area (Å²) < 4.78 is 0. The van der Waals surface area contributed by atoms with Gasteiger partial charge in [0.15, 0.2) is 0 Å². The third-order valence-electron chi connectivity index (χ3n) is 5.07. The quantitative estimate of drug-likeness (QED) is 0.553. The molecular weight excluding hydrogens is 370 g/mol. The zero-order valence-corrected chi connectivity index (χ0v) is 17.8. The number of benzene rings is 2. The monoisotopic (exact) mass is 395 g/mol. The van der Waals surface area contributed by atoms with Crippen LogP contribution in [0.2, 0.25) is 5.02 Å². The van der Waals surface area contributed by atoms with Crippen LogP contribution in [0.1, 0.15) is 54.7 Å². The van der Waals surface area contributed by atoms with Crippen LogP contribution in [0.3, 0.4) is 0 Å². The molecule has 2 aromatic rings. The summed E-state index contributed by atoms with van der Waals surface area (Å²) in [7, 11) is 0. The Morgan fingerprint density at radius 1 is 1.21 bits per heavy atom. The molecule has 0 radical (unpaired) electrons. The highest BCUT2D eigenvalue weighted by atomic mass is 35.5. The summed E-state index contributed by atoms with van der Waals surface area (Å²) >= 11 is 6.14. The number of fused-ring (bicyclic) bond motifs is 1. The summed E-state index contributed by atoms with van der Waals surface area (Å²) in [6.45, 7) is 11.6. The molecule has 1 amide bonds. The van der Waals surface area contributed by atoms with Gasteiger partial charge >= 0.3 is 0 Å². The van der Waals surface area contributed by atoms with Crippen LogP contribution in [0.5, 0.6) is 0 Å². The van der Waals surface area contributed by atoms with Crippen LogP contribution in [-0.4, -0.2) is 24.2 Å². The highest BCUT2D eigenvalue weighted by Gasteiger charge is 2.29. The fourth-order valence-electron chi connectivity index (χ4n) is 3.79. The lowest BCUT2D eigenvalue weighted by molar-refractivity contribution is 0.0955. The molecule has 0 aromatic heterocycles. The predicted molar refractivity (Wildman–Crippen MR) is 118 cm³/mol. The van der Waals surface area contributed by atoms with Gasteiger partial charge in [-0.05, 0) is 75.6 Å². The number of anilines is 1. The van der Waals surface area contributed by atoms with Crippen molar-refractivity contribution in [3.05, 3.63) is 69.8 Å². The summed E-state index contributed by atoms with van der Waals surface area (Å²) in [5.41, 5.74) is 8.55. The normalized spacial score (nSPS) is 15.4. The largest absolute Gasteiger partial charge is 0.363 e. The Balaban J connectivity index is 1.79. The zero-order valence-electron chi connectivity index (χ0n) is 17.0. The fraction of sp³-hybridized carbons (Fsp3) is 0.304. The first-order valence-electron chi connectivity index (χ1n) is 9.44. The van der Waals surface area contributed by atoms with E-state index >= 15 is 0 Å². The van der Waals surface area contributed by atoms with Gasteiger partial charge in [0.05, 0.1) is 22.3 Å². The second-order valence-electron chi connectivity index (χ2n) is 7.68. The molecule has 146 valence electrons. The molecule has 5 heteroatoms. The minimum Gasteiger partial charge on any atom is -0.363 e. The number of nitrogens with zero attached hydrogens (tertiary/aromatic N) is 2. The lowest BCUT2D eigenvalue weighted by Gasteiger charge is -2.42. The van der Waals surface area contributed by atoms with Crippen LogP contribution in [0.15, 0.2) is 47.6 Å². The van der Waals surface area contributed by atoms with Gasteiger partial charge in [-0.15, -0.1) is 0 Å². The van der Waals surface area contributed by atoms with E-state index in [0.29, 0.717) is 10.6 Å². The van der Waals surface area contributed by atoms with Gasteiger partial charge in [0, 0.05) is 17.8 Å². The van der Waals surface area contributed by atoms with Crippen molar-refractivity contribution in [1.29, 1.82) is 0 Å². The van der Waals surface area contributed by atoms with Crippen molar-refractivity contribution >= 4 is 35.0 Å². The molecule has 2 aromatic carbocycles. The zero-order chi connectivity index (χ0) is 20.5. The number of halogens is 1. The van der Waals surface area contributed by atoms with Gasteiger partial charge in [-0.2, -0.15) is 5.10 Å². The second-order valence-corrected chi connectivity index (χ2v) is 8.09. The first kappa shape index (κ1) is 20.2. The number of aryl methyl sites for hydroxylation is 1. The maximum Gasteiger partial charge on any atom is 0.272 e. The number of rotatable bonds is 4.